The minimum atomic E-state index is -3.42. The van der Waals surface area contributed by atoms with Crippen molar-refractivity contribution in [1.82, 2.24) is 9.80 Å². The van der Waals surface area contributed by atoms with E-state index in [4.69, 9.17) is 4.74 Å². The third kappa shape index (κ3) is 5.95. The van der Waals surface area contributed by atoms with Gasteiger partial charge in [-0.05, 0) is 74.8 Å². The molecule has 0 saturated carbocycles. The Kier molecular flexibility index (Phi) is 7.53. The molecule has 2 aliphatic heterocycles. The zero-order chi connectivity index (χ0) is 24.1. The van der Waals surface area contributed by atoms with Crippen LogP contribution in [0.1, 0.15) is 29.6 Å². The molecule has 2 aromatic carbocycles. The van der Waals surface area contributed by atoms with Gasteiger partial charge in [0.25, 0.3) is 5.91 Å². The molecule has 8 nitrogen and oxygen atoms in total. The summed E-state index contributed by atoms with van der Waals surface area (Å²) in [5, 5.41) is 0. The van der Waals surface area contributed by atoms with Crippen LogP contribution in [0.25, 0.3) is 0 Å². The first-order valence-electron chi connectivity index (χ1n) is 11.7. The van der Waals surface area contributed by atoms with Crippen LogP contribution in [0.5, 0.6) is 5.75 Å². The third-order valence-electron chi connectivity index (χ3n) is 6.25. The monoisotopic (exact) mass is 485 g/mol. The van der Waals surface area contributed by atoms with Gasteiger partial charge < -0.3 is 19.4 Å². The molecule has 0 radical (unpaired) electrons. The van der Waals surface area contributed by atoms with E-state index in [1.165, 1.54) is 49.0 Å². The molecule has 2 saturated heterocycles. The number of anilines is 1. The fourth-order valence-electron chi connectivity index (χ4n) is 4.37. The van der Waals surface area contributed by atoms with Gasteiger partial charge >= 0.3 is 0 Å². The van der Waals surface area contributed by atoms with E-state index in [9.17, 15) is 18.0 Å². The molecule has 0 N–H and O–H groups in total. The third-order valence-corrected chi connectivity index (χ3v) is 7.36. The number of likely N-dealkylation sites (tertiary alicyclic amines) is 1. The Bertz CT molecular complexity index is 1130. The molecule has 0 unspecified atom stereocenters. The summed E-state index contributed by atoms with van der Waals surface area (Å²) >= 11 is 0. The van der Waals surface area contributed by atoms with Gasteiger partial charge in [0.2, 0.25) is 5.91 Å². The molecular weight excluding hydrogens is 454 g/mol. The number of nitrogens with zero attached hydrogens (tertiary/aromatic N) is 3. The van der Waals surface area contributed by atoms with Gasteiger partial charge in [-0.3, -0.25) is 9.59 Å². The topological polar surface area (TPSA) is 87.2 Å². The Morgan fingerprint density at radius 3 is 2.41 bits per heavy atom. The summed E-state index contributed by atoms with van der Waals surface area (Å²) in [5.74, 6) is 0.242. The quantitative estimate of drug-likeness (QED) is 0.534. The second-order valence-electron chi connectivity index (χ2n) is 8.82. The molecule has 2 aromatic rings. The Morgan fingerprint density at radius 1 is 1.00 bits per heavy atom. The molecule has 0 atom stereocenters. The number of piperazine rings is 1. The van der Waals surface area contributed by atoms with E-state index in [2.05, 4.69) is 4.90 Å². The first kappa shape index (κ1) is 24.2. The van der Waals surface area contributed by atoms with Gasteiger partial charge in [-0.25, -0.2) is 8.42 Å². The Labute approximate surface area is 201 Å². The largest absolute Gasteiger partial charge is 0.494 e. The molecule has 34 heavy (non-hydrogen) atoms. The van der Waals surface area contributed by atoms with Gasteiger partial charge in [-0.15, -0.1) is 0 Å². The smallest absolute Gasteiger partial charge is 0.254 e. The molecule has 2 amide bonds. The van der Waals surface area contributed by atoms with E-state index >= 15 is 0 Å². The lowest BCUT2D eigenvalue weighted by atomic mass is 10.1. The van der Waals surface area contributed by atoms with Crippen LogP contribution in [0, 0.1) is 0 Å². The van der Waals surface area contributed by atoms with Crippen molar-refractivity contribution in [2.24, 2.45) is 0 Å². The van der Waals surface area contributed by atoms with Gasteiger partial charge in [0.15, 0.2) is 9.84 Å². The van der Waals surface area contributed by atoms with Crippen molar-refractivity contribution in [2.75, 3.05) is 57.0 Å². The molecule has 0 aromatic heterocycles. The fourth-order valence-corrected chi connectivity index (χ4v) is 5.04. The SMILES string of the molecule is CS(=O)(=O)c1cccc(C(=O)N2CCN(c3ccc(OCCCN4CCCC4)cc3)C(=O)C2)c1. The van der Waals surface area contributed by atoms with Crippen molar-refractivity contribution in [2.45, 2.75) is 24.2 Å². The molecule has 2 heterocycles. The van der Waals surface area contributed by atoms with Crippen LogP contribution < -0.4 is 9.64 Å². The number of carbonyl (C=O) groups excluding carboxylic acids is 2. The lowest BCUT2D eigenvalue weighted by Crippen LogP contribution is -2.52. The summed E-state index contributed by atoms with van der Waals surface area (Å²) in [4.78, 5) is 31.3. The van der Waals surface area contributed by atoms with Gasteiger partial charge in [0.1, 0.15) is 12.3 Å². The number of hydrogen-bond acceptors (Lipinski definition) is 6. The standard InChI is InChI=1S/C25H31N3O5S/c1-34(31,32)23-7-4-6-20(18-23)25(30)27-15-16-28(24(29)19-27)21-8-10-22(11-9-21)33-17-5-14-26-12-2-3-13-26/h4,6-11,18H,2-3,5,12-17,19H2,1H3. The number of rotatable bonds is 8. The summed E-state index contributed by atoms with van der Waals surface area (Å²) in [5.41, 5.74) is 1.02. The van der Waals surface area contributed by atoms with Gasteiger partial charge in [0, 0.05) is 37.1 Å². The first-order chi connectivity index (χ1) is 16.3. The average Bonchev–Trinajstić information content (AvgIpc) is 3.35. The number of amides is 2. The second-order valence-corrected chi connectivity index (χ2v) is 10.8. The van der Waals surface area contributed by atoms with Crippen LogP contribution in [-0.2, 0) is 14.6 Å². The van der Waals surface area contributed by atoms with Crippen LogP contribution >= 0.6 is 0 Å². The highest BCUT2D eigenvalue weighted by molar-refractivity contribution is 7.90. The molecule has 9 heteroatoms. The predicted molar refractivity (Wildman–Crippen MR) is 130 cm³/mol. The lowest BCUT2D eigenvalue weighted by Gasteiger charge is -2.34. The second kappa shape index (κ2) is 10.6. The molecule has 0 spiro atoms. The van der Waals surface area contributed by atoms with E-state index in [-0.39, 0.29) is 28.8 Å². The Balaban J connectivity index is 1.30. The van der Waals surface area contributed by atoms with E-state index in [0.29, 0.717) is 19.7 Å². The number of sulfone groups is 1. The highest BCUT2D eigenvalue weighted by Crippen LogP contribution is 2.23. The van der Waals surface area contributed by atoms with E-state index in [1.807, 2.05) is 24.3 Å². The zero-order valence-electron chi connectivity index (χ0n) is 19.5. The van der Waals surface area contributed by atoms with Gasteiger partial charge in [0.05, 0.1) is 11.5 Å². The zero-order valence-corrected chi connectivity index (χ0v) is 20.3. The molecule has 2 fully saturated rings. The summed E-state index contributed by atoms with van der Waals surface area (Å²) < 4.78 is 29.4. The fraction of sp³-hybridized carbons (Fsp3) is 0.440. The Hall–Kier alpha value is -2.91. The van der Waals surface area contributed by atoms with Crippen LogP contribution in [0.2, 0.25) is 0 Å². The highest BCUT2D eigenvalue weighted by atomic mass is 32.2. The van der Waals surface area contributed by atoms with Crippen LogP contribution in [0.4, 0.5) is 5.69 Å². The summed E-state index contributed by atoms with van der Waals surface area (Å²) in [6, 6.07) is 13.4. The first-order valence-corrected chi connectivity index (χ1v) is 13.6. The maximum atomic E-state index is 12.9. The van der Waals surface area contributed by atoms with Crippen molar-refractivity contribution in [3.63, 3.8) is 0 Å². The number of hydrogen-bond donors (Lipinski definition) is 0. The predicted octanol–water partition coefficient (Wildman–Crippen LogP) is 2.44. The molecule has 182 valence electrons. The Morgan fingerprint density at radius 2 is 1.74 bits per heavy atom. The summed E-state index contributed by atoms with van der Waals surface area (Å²) in [7, 11) is -3.42. The molecule has 0 bridgehead atoms. The van der Waals surface area contributed by atoms with Crippen LogP contribution in [0.15, 0.2) is 53.4 Å². The highest BCUT2D eigenvalue weighted by Gasteiger charge is 2.29. The minimum Gasteiger partial charge on any atom is -0.494 e. The lowest BCUT2D eigenvalue weighted by molar-refractivity contribution is -0.120. The van der Waals surface area contributed by atoms with Crippen molar-refractivity contribution in [3.8, 4) is 5.75 Å². The minimum absolute atomic E-state index is 0.0588. The van der Waals surface area contributed by atoms with Crippen molar-refractivity contribution in [1.29, 1.82) is 0 Å². The van der Waals surface area contributed by atoms with Gasteiger partial charge in [-0.2, -0.15) is 0 Å². The summed E-state index contributed by atoms with van der Waals surface area (Å²) in [6.07, 6.45) is 4.67. The molecule has 0 aliphatic carbocycles. The maximum Gasteiger partial charge on any atom is 0.254 e. The average molecular weight is 486 g/mol. The number of benzene rings is 2. The number of ether oxygens (including phenoxy) is 1. The van der Waals surface area contributed by atoms with Crippen molar-refractivity contribution < 1.29 is 22.7 Å². The number of carbonyl (C=O) groups is 2. The normalized spacial score (nSPS) is 17.3. The molecule has 4 rings (SSSR count). The van der Waals surface area contributed by atoms with Gasteiger partial charge in [-0.1, -0.05) is 6.07 Å². The van der Waals surface area contributed by atoms with Crippen molar-refractivity contribution >= 4 is 27.3 Å². The van der Waals surface area contributed by atoms with Crippen molar-refractivity contribution in [3.05, 3.63) is 54.1 Å². The van der Waals surface area contributed by atoms with E-state index in [1.54, 1.807) is 11.0 Å². The molecule has 2 aliphatic rings. The van der Waals surface area contributed by atoms with Crippen LogP contribution in [-0.4, -0.2) is 82.2 Å². The van der Waals surface area contributed by atoms with E-state index < -0.39 is 9.84 Å². The van der Waals surface area contributed by atoms with Crippen LogP contribution in [0.3, 0.4) is 0 Å². The molecular formula is C25H31N3O5S. The summed E-state index contributed by atoms with van der Waals surface area (Å²) in [6.45, 7) is 4.78. The van der Waals surface area contributed by atoms with E-state index in [0.717, 1.165) is 30.7 Å². The maximum absolute atomic E-state index is 12.9.